The van der Waals surface area contributed by atoms with Gasteiger partial charge in [-0.3, -0.25) is 0 Å². The third-order valence-corrected chi connectivity index (χ3v) is 22.2. The Labute approximate surface area is 567 Å². The van der Waals surface area contributed by atoms with E-state index in [2.05, 4.69) is 332 Å². The normalized spacial score (nSPS) is 12.6. The van der Waals surface area contributed by atoms with Crippen LogP contribution in [0.25, 0.3) is 186 Å². The molecule has 20 aromatic rings. The van der Waals surface area contributed by atoms with Gasteiger partial charge in [0.1, 0.15) is 0 Å². The first-order chi connectivity index (χ1) is 48.5. The van der Waals surface area contributed by atoms with E-state index in [0.29, 0.717) is 5.56 Å². The van der Waals surface area contributed by atoms with E-state index in [-0.39, 0.29) is 0 Å². The number of aryl methyl sites for hydroxylation is 1. The minimum atomic E-state index is 0.664. The Hall–Kier alpha value is -12.7. The van der Waals surface area contributed by atoms with Crippen molar-refractivity contribution in [1.82, 2.24) is 22.8 Å². The summed E-state index contributed by atoms with van der Waals surface area (Å²) in [5, 5.41) is 23.2. The minimum absolute atomic E-state index is 0.664. The first-order valence-corrected chi connectivity index (χ1v) is 34.5. The highest BCUT2D eigenvalue weighted by molar-refractivity contribution is 7.26. The molecule has 0 radical (unpaired) electrons. The molecule has 0 unspecified atom stereocenters. The molecule has 0 N–H and O–H groups in total. The molecular weight excluding hydrogens is 1210 g/mol. The summed E-state index contributed by atoms with van der Waals surface area (Å²) in [6.07, 6.45) is 6.56. The zero-order chi connectivity index (χ0) is 64.3. The van der Waals surface area contributed by atoms with E-state index >= 15 is 0 Å². The summed E-state index contributed by atoms with van der Waals surface area (Å²) in [6.45, 7) is 0. The van der Waals surface area contributed by atoms with Crippen LogP contribution < -0.4 is 0 Å². The zero-order valence-electron chi connectivity index (χ0n) is 53.0. The third-order valence-electron chi connectivity index (χ3n) is 21.0. The van der Waals surface area contributed by atoms with Gasteiger partial charge in [0, 0.05) is 92.4 Å². The second kappa shape index (κ2) is 21.1. The van der Waals surface area contributed by atoms with Gasteiger partial charge in [-0.05, 0) is 216 Å². The quantitative estimate of drug-likeness (QED) is 0.150. The van der Waals surface area contributed by atoms with E-state index in [1.165, 1.54) is 169 Å². The van der Waals surface area contributed by atoms with Gasteiger partial charge in [0.2, 0.25) is 0 Å². The number of rotatable bonds is 8. The number of aromatic nitrogens is 5. The van der Waals surface area contributed by atoms with E-state index in [9.17, 15) is 5.26 Å². The van der Waals surface area contributed by atoms with Crippen molar-refractivity contribution in [3.63, 3.8) is 0 Å². The molecule has 6 aromatic heterocycles. The lowest BCUT2D eigenvalue weighted by Crippen LogP contribution is -2.00. The molecule has 0 spiro atoms. The minimum Gasteiger partial charge on any atom is -0.310 e. The maximum atomic E-state index is 9.55. The van der Waals surface area contributed by atoms with Gasteiger partial charge in [0.05, 0.1) is 71.7 Å². The molecule has 98 heavy (non-hydrogen) atoms. The Morgan fingerprint density at radius 3 is 1.29 bits per heavy atom. The number of nitriles is 1. The zero-order valence-corrected chi connectivity index (χ0v) is 53.8. The van der Waals surface area contributed by atoms with Crippen LogP contribution >= 0.6 is 11.3 Å². The first kappa shape index (κ1) is 54.6. The summed E-state index contributed by atoms with van der Waals surface area (Å²) in [6, 6.07) is 114. The Kier molecular flexibility index (Phi) is 11.8. The van der Waals surface area contributed by atoms with Crippen molar-refractivity contribution in [2.75, 3.05) is 0 Å². The second-order valence-electron chi connectivity index (χ2n) is 26.2. The fraction of sp³-hybridized carbons (Fsp3) is 0.0220. The lowest BCUT2D eigenvalue weighted by Gasteiger charge is -2.12. The van der Waals surface area contributed by atoms with E-state index in [1.54, 1.807) is 0 Å². The number of allylic oxidation sites excluding steroid dienone is 1. The van der Waals surface area contributed by atoms with Crippen molar-refractivity contribution in [2.24, 2.45) is 0 Å². The fourth-order valence-corrected chi connectivity index (χ4v) is 17.8. The maximum absolute atomic E-state index is 9.55. The highest BCUT2D eigenvalue weighted by atomic mass is 32.1. The van der Waals surface area contributed by atoms with E-state index < -0.39 is 0 Å². The topological polar surface area (TPSA) is 48.4 Å². The Bertz CT molecular complexity index is 6870. The molecule has 7 heteroatoms. The maximum Gasteiger partial charge on any atom is 0.0991 e. The molecule has 0 aliphatic heterocycles. The fourth-order valence-electron chi connectivity index (χ4n) is 16.6. The van der Waals surface area contributed by atoms with Gasteiger partial charge in [-0.1, -0.05) is 152 Å². The molecule has 456 valence electrons. The molecule has 0 saturated carbocycles. The molecule has 6 heterocycles. The number of thiophene rings is 1. The van der Waals surface area contributed by atoms with Gasteiger partial charge in [-0.2, -0.15) is 5.26 Å². The molecule has 21 rings (SSSR count). The van der Waals surface area contributed by atoms with Crippen LogP contribution in [0.1, 0.15) is 23.2 Å². The van der Waals surface area contributed by atoms with E-state index in [4.69, 9.17) is 0 Å². The molecule has 6 nitrogen and oxygen atoms in total. The summed E-state index contributed by atoms with van der Waals surface area (Å²) >= 11 is 1.88. The number of benzene rings is 14. The van der Waals surface area contributed by atoms with Crippen molar-refractivity contribution in [1.29, 1.82) is 5.26 Å². The summed E-state index contributed by atoms with van der Waals surface area (Å²) in [5.74, 6) is 0. The third kappa shape index (κ3) is 8.07. The van der Waals surface area contributed by atoms with Crippen molar-refractivity contribution >= 4 is 136 Å². The standard InChI is InChI=1S/C91H56N6S/c92-55-56-32-39-64(40-33-56)94-79-26-9-4-20-67(79)73-49-58(34-42-84(73)94)61-37-45-88-76(52-61)70-23-8-13-30-83(70)97(88)89-31-15-25-72-78-53-62(38-47-90(78)98-91(72)89)57-16-14-19-65(48-57)95-81-28-11-5-21-68(81)74-50-59(35-43-85(74)95)60-36-44-86-75(51-60)69-22-6-12-29-82(69)96(86)66-41-46-87-77(54-66)71-24-7-10-27-80(71)93(87)63-17-2-1-3-18-63/h1-3,5-19,21-54H,4,20H2. The van der Waals surface area contributed by atoms with Crippen LogP contribution in [0.15, 0.2) is 309 Å². The number of hydrogen-bond acceptors (Lipinski definition) is 2. The van der Waals surface area contributed by atoms with Crippen LogP contribution in [-0.2, 0) is 6.42 Å². The van der Waals surface area contributed by atoms with Crippen LogP contribution in [0.3, 0.4) is 0 Å². The van der Waals surface area contributed by atoms with Crippen LogP contribution in [0.2, 0.25) is 0 Å². The predicted molar refractivity (Wildman–Crippen MR) is 412 cm³/mol. The van der Waals surface area contributed by atoms with Crippen LogP contribution in [0.4, 0.5) is 0 Å². The molecule has 0 bridgehead atoms. The molecular formula is C91H56N6S. The monoisotopic (exact) mass is 1260 g/mol. The van der Waals surface area contributed by atoms with Crippen LogP contribution in [-0.4, -0.2) is 22.8 Å². The largest absolute Gasteiger partial charge is 0.310 e. The molecule has 0 amide bonds. The predicted octanol–water partition coefficient (Wildman–Crippen LogP) is 24.2. The second-order valence-corrected chi connectivity index (χ2v) is 27.2. The average molecular weight is 1270 g/mol. The van der Waals surface area contributed by atoms with Gasteiger partial charge in [-0.25, -0.2) is 0 Å². The smallest absolute Gasteiger partial charge is 0.0991 e. The number of nitrogens with zero attached hydrogens (tertiary/aromatic N) is 6. The Morgan fingerprint density at radius 2 is 0.694 bits per heavy atom. The van der Waals surface area contributed by atoms with Gasteiger partial charge in [0.15, 0.2) is 0 Å². The molecule has 0 saturated heterocycles. The van der Waals surface area contributed by atoms with Crippen LogP contribution in [0.5, 0.6) is 0 Å². The summed E-state index contributed by atoms with van der Waals surface area (Å²) in [5.41, 5.74) is 26.7. The highest BCUT2D eigenvalue weighted by Crippen LogP contribution is 2.46. The van der Waals surface area contributed by atoms with Crippen molar-refractivity contribution in [2.45, 2.75) is 12.8 Å². The average Bonchev–Trinajstić information content (AvgIpc) is 1.59. The van der Waals surface area contributed by atoms with Crippen LogP contribution in [0, 0.1) is 11.3 Å². The molecule has 1 aliphatic carbocycles. The number of fused-ring (bicyclic) bond motifs is 18. The SMILES string of the molecule is N#Cc1ccc(-n2c3c(c4cc(-c5ccc6c(c5)c5ccccc5n6-c5cccc6c5sc5ccc(-c7cccc(-n8c9ccccc9c9cc(-c%10ccc%11c(c%10)c%10ccccc%10n%11-c%10ccc%11c(c%10)c%10ccccc%10n%11-c%10ccccc%10)ccc98)c7)cc56)ccc42)CCC=C3)cc1. The summed E-state index contributed by atoms with van der Waals surface area (Å²) in [7, 11) is 0. The Morgan fingerprint density at radius 1 is 0.286 bits per heavy atom. The lowest BCUT2D eigenvalue weighted by atomic mass is 9.97. The van der Waals surface area contributed by atoms with Crippen molar-refractivity contribution in [3.05, 3.63) is 326 Å². The molecule has 1 aliphatic rings. The molecule has 0 atom stereocenters. The molecule has 0 fully saturated rings. The van der Waals surface area contributed by atoms with Gasteiger partial charge >= 0.3 is 0 Å². The van der Waals surface area contributed by atoms with Crippen molar-refractivity contribution in [3.8, 4) is 67.9 Å². The first-order valence-electron chi connectivity index (χ1n) is 33.7. The molecule has 14 aromatic carbocycles. The lowest BCUT2D eigenvalue weighted by molar-refractivity contribution is 0.967. The van der Waals surface area contributed by atoms with E-state index in [1.807, 2.05) is 23.5 Å². The van der Waals surface area contributed by atoms with Crippen molar-refractivity contribution < 1.29 is 0 Å². The van der Waals surface area contributed by atoms with Gasteiger partial charge < -0.3 is 22.8 Å². The summed E-state index contributed by atoms with van der Waals surface area (Å²) in [4.78, 5) is 0. The van der Waals surface area contributed by atoms with Gasteiger partial charge in [0.25, 0.3) is 0 Å². The number of hydrogen-bond donors (Lipinski definition) is 0. The van der Waals surface area contributed by atoms with E-state index in [0.717, 1.165) is 35.6 Å². The Balaban J connectivity index is 0.625. The number of para-hydroxylation sites is 5. The highest BCUT2D eigenvalue weighted by Gasteiger charge is 2.24. The summed E-state index contributed by atoms with van der Waals surface area (Å²) < 4.78 is 14.7. The van der Waals surface area contributed by atoms with Gasteiger partial charge in [-0.15, -0.1) is 11.3 Å².